The number of carbonyl (C=O) groups excluding carboxylic acids is 3. The minimum absolute atomic E-state index is 0.0868. The molecule has 25 heavy (non-hydrogen) atoms. The van der Waals surface area contributed by atoms with Crippen molar-refractivity contribution in [2.45, 2.75) is 13.5 Å². The van der Waals surface area contributed by atoms with Gasteiger partial charge in [0.15, 0.2) is 12.4 Å². The summed E-state index contributed by atoms with van der Waals surface area (Å²) in [4.78, 5) is 36.4. The highest BCUT2D eigenvalue weighted by Crippen LogP contribution is 2.14. The number of hydrogen-bond acceptors (Lipinski definition) is 4. The maximum Gasteiger partial charge on any atom is 0.261 e. The summed E-state index contributed by atoms with van der Waals surface area (Å²) in [7, 11) is 0. The molecular formula is C19H20N2O4. The fraction of sp³-hybridized carbons (Fsp3) is 0.211. The Labute approximate surface area is 146 Å². The van der Waals surface area contributed by atoms with Gasteiger partial charge in [-0.05, 0) is 24.6 Å². The molecule has 0 aliphatic rings. The second kappa shape index (κ2) is 8.63. The van der Waals surface area contributed by atoms with Crippen LogP contribution in [0.1, 0.15) is 22.8 Å². The van der Waals surface area contributed by atoms with Crippen molar-refractivity contribution in [2.24, 2.45) is 5.73 Å². The summed E-state index contributed by atoms with van der Waals surface area (Å²) in [6, 6.07) is 15.9. The van der Waals surface area contributed by atoms with E-state index in [0.29, 0.717) is 11.3 Å². The number of benzene rings is 2. The van der Waals surface area contributed by atoms with Gasteiger partial charge in [0.25, 0.3) is 5.91 Å². The van der Waals surface area contributed by atoms with Crippen molar-refractivity contribution in [3.05, 3.63) is 65.7 Å². The van der Waals surface area contributed by atoms with Gasteiger partial charge in [-0.25, -0.2) is 0 Å². The zero-order chi connectivity index (χ0) is 18.2. The van der Waals surface area contributed by atoms with Crippen LogP contribution in [0.2, 0.25) is 0 Å². The zero-order valence-corrected chi connectivity index (χ0v) is 14.0. The number of ketones is 1. The molecule has 0 fully saturated rings. The molecule has 2 amide bonds. The Balaban J connectivity index is 2.02. The Bertz CT molecular complexity index is 759. The van der Waals surface area contributed by atoms with Crippen LogP contribution in [0.3, 0.4) is 0 Å². The molecule has 2 aromatic rings. The Kier molecular flexibility index (Phi) is 6.28. The summed E-state index contributed by atoms with van der Waals surface area (Å²) in [6.45, 7) is 1.28. The van der Waals surface area contributed by atoms with Crippen molar-refractivity contribution < 1.29 is 19.1 Å². The van der Waals surface area contributed by atoms with Crippen molar-refractivity contribution in [1.29, 1.82) is 0 Å². The van der Waals surface area contributed by atoms with Crippen molar-refractivity contribution in [2.75, 3.05) is 13.2 Å². The summed E-state index contributed by atoms with van der Waals surface area (Å²) < 4.78 is 5.46. The first-order valence-electron chi connectivity index (χ1n) is 7.79. The van der Waals surface area contributed by atoms with Crippen LogP contribution in [0, 0.1) is 0 Å². The number of hydrogen-bond donors (Lipinski definition) is 1. The van der Waals surface area contributed by atoms with E-state index in [1.165, 1.54) is 11.8 Å². The predicted molar refractivity (Wildman–Crippen MR) is 93.0 cm³/mol. The van der Waals surface area contributed by atoms with E-state index >= 15 is 0 Å². The molecule has 0 spiro atoms. The van der Waals surface area contributed by atoms with Gasteiger partial charge in [-0.15, -0.1) is 0 Å². The topological polar surface area (TPSA) is 89.7 Å². The molecular weight excluding hydrogens is 320 g/mol. The fourth-order valence-corrected chi connectivity index (χ4v) is 2.27. The quantitative estimate of drug-likeness (QED) is 0.742. The standard InChI is InChI=1S/C19H20N2O4/c1-14(22)16-8-5-9-17(10-16)25-13-19(24)21(12-18(20)23)11-15-6-3-2-4-7-15/h2-10H,11-13H2,1H3,(H2,20,23). The number of nitrogens with zero attached hydrogens (tertiary/aromatic N) is 1. The lowest BCUT2D eigenvalue weighted by Crippen LogP contribution is -2.40. The van der Waals surface area contributed by atoms with E-state index in [-0.39, 0.29) is 31.4 Å². The molecule has 0 bridgehead atoms. The Morgan fingerprint density at radius 3 is 2.40 bits per heavy atom. The lowest BCUT2D eigenvalue weighted by Gasteiger charge is -2.21. The molecule has 0 heterocycles. The Hall–Kier alpha value is -3.15. The molecule has 2 aromatic carbocycles. The number of ether oxygens (including phenoxy) is 1. The highest BCUT2D eigenvalue weighted by Gasteiger charge is 2.17. The predicted octanol–water partition coefficient (Wildman–Crippen LogP) is 1.78. The molecule has 0 saturated carbocycles. The van der Waals surface area contributed by atoms with E-state index in [1.54, 1.807) is 24.3 Å². The summed E-state index contributed by atoms with van der Waals surface area (Å²) in [6.07, 6.45) is 0. The van der Waals surface area contributed by atoms with Gasteiger partial charge in [-0.1, -0.05) is 42.5 Å². The second-order valence-corrected chi connectivity index (χ2v) is 5.57. The van der Waals surface area contributed by atoms with Crippen molar-refractivity contribution in [3.63, 3.8) is 0 Å². The molecule has 0 radical (unpaired) electrons. The fourth-order valence-electron chi connectivity index (χ4n) is 2.27. The number of nitrogens with two attached hydrogens (primary N) is 1. The molecule has 0 unspecified atom stereocenters. The van der Waals surface area contributed by atoms with Crippen molar-refractivity contribution in [1.82, 2.24) is 4.90 Å². The maximum absolute atomic E-state index is 12.4. The van der Waals surface area contributed by atoms with Gasteiger partial charge >= 0.3 is 0 Å². The number of Topliss-reactive ketones (excluding diaryl/α,β-unsaturated/α-hetero) is 1. The molecule has 2 rings (SSSR count). The van der Waals surface area contributed by atoms with Crippen LogP contribution in [0.4, 0.5) is 0 Å². The van der Waals surface area contributed by atoms with Crippen LogP contribution >= 0.6 is 0 Å². The minimum Gasteiger partial charge on any atom is -0.484 e. The van der Waals surface area contributed by atoms with Gasteiger partial charge < -0.3 is 15.4 Å². The average molecular weight is 340 g/mol. The Morgan fingerprint density at radius 2 is 1.76 bits per heavy atom. The SMILES string of the molecule is CC(=O)c1cccc(OCC(=O)N(CC(N)=O)Cc2ccccc2)c1. The van der Waals surface area contributed by atoms with Crippen LogP contribution < -0.4 is 10.5 Å². The van der Waals surface area contributed by atoms with Gasteiger partial charge in [-0.2, -0.15) is 0 Å². The second-order valence-electron chi connectivity index (χ2n) is 5.57. The molecule has 0 aliphatic heterocycles. The van der Waals surface area contributed by atoms with Crippen LogP contribution in [0.15, 0.2) is 54.6 Å². The molecule has 0 aliphatic carbocycles. The summed E-state index contributed by atoms with van der Waals surface area (Å²) in [5, 5.41) is 0. The van der Waals surface area contributed by atoms with Crippen LogP contribution in [0.25, 0.3) is 0 Å². The van der Waals surface area contributed by atoms with Gasteiger partial charge in [0.1, 0.15) is 5.75 Å². The van der Waals surface area contributed by atoms with Crippen molar-refractivity contribution >= 4 is 17.6 Å². The lowest BCUT2D eigenvalue weighted by molar-refractivity contribution is -0.137. The number of amides is 2. The first-order valence-corrected chi connectivity index (χ1v) is 7.79. The molecule has 6 nitrogen and oxygen atoms in total. The summed E-state index contributed by atoms with van der Waals surface area (Å²) in [5.41, 5.74) is 6.62. The van der Waals surface area contributed by atoms with Crippen LogP contribution in [0.5, 0.6) is 5.75 Å². The van der Waals surface area contributed by atoms with E-state index in [1.807, 2.05) is 30.3 Å². The van der Waals surface area contributed by atoms with Gasteiger partial charge in [0.05, 0.1) is 6.54 Å². The third-order valence-electron chi connectivity index (χ3n) is 3.52. The van der Waals surface area contributed by atoms with Crippen LogP contribution in [-0.2, 0) is 16.1 Å². The number of carbonyl (C=O) groups is 3. The number of rotatable bonds is 8. The summed E-state index contributed by atoms with van der Waals surface area (Å²) in [5.74, 6) is -0.630. The minimum atomic E-state index is -0.595. The smallest absolute Gasteiger partial charge is 0.261 e. The Morgan fingerprint density at radius 1 is 1.04 bits per heavy atom. The first-order chi connectivity index (χ1) is 12.0. The number of primary amides is 1. The van der Waals surface area contributed by atoms with Gasteiger partial charge in [0.2, 0.25) is 5.91 Å². The highest BCUT2D eigenvalue weighted by molar-refractivity contribution is 5.94. The first kappa shape index (κ1) is 18.2. The van der Waals surface area contributed by atoms with E-state index in [9.17, 15) is 14.4 Å². The van der Waals surface area contributed by atoms with Gasteiger partial charge in [-0.3, -0.25) is 14.4 Å². The largest absolute Gasteiger partial charge is 0.484 e. The molecule has 6 heteroatoms. The van der Waals surface area contributed by atoms with E-state index < -0.39 is 5.91 Å². The van der Waals surface area contributed by atoms with Gasteiger partial charge in [0, 0.05) is 12.1 Å². The third-order valence-corrected chi connectivity index (χ3v) is 3.52. The molecule has 2 N–H and O–H groups in total. The molecule has 130 valence electrons. The highest BCUT2D eigenvalue weighted by atomic mass is 16.5. The van der Waals surface area contributed by atoms with Crippen molar-refractivity contribution in [3.8, 4) is 5.75 Å². The van der Waals surface area contributed by atoms with Crippen LogP contribution in [-0.4, -0.2) is 35.6 Å². The zero-order valence-electron chi connectivity index (χ0n) is 14.0. The molecule has 0 saturated heterocycles. The molecule has 0 atom stereocenters. The van der Waals surface area contributed by atoms with E-state index in [2.05, 4.69) is 0 Å². The third kappa shape index (κ3) is 5.76. The average Bonchev–Trinajstić information content (AvgIpc) is 2.60. The monoisotopic (exact) mass is 340 g/mol. The maximum atomic E-state index is 12.4. The summed E-state index contributed by atoms with van der Waals surface area (Å²) >= 11 is 0. The lowest BCUT2D eigenvalue weighted by atomic mass is 10.1. The van der Waals surface area contributed by atoms with E-state index in [0.717, 1.165) is 5.56 Å². The van der Waals surface area contributed by atoms with E-state index in [4.69, 9.17) is 10.5 Å². The normalized spacial score (nSPS) is 10.1. The molecule has 0 aromatic heterocycles.